The van der Waals surface area contributed by atoms with Gasteiger partial charge in [-0.05, 0) is 98.6 Å². The summed E-state index contributed by atoms with van der Waals surface area (Å²) in [6.07, 6.45) is 7.41. The van der Waals surface area contributed by atoms with E-state index in [-0.39, 0.29) is 11.7 Å². The predicted molar refractivity (Wildman–Crippen MR) is 153 cm³/mol. The maximum atomic E-state index is 13.5. The minimum atomic E-state index is -0.316. The molecule has 38 heavy (non-hydrogen) atoms. The Morgan fingerprint density at radius 2 is 1.74 bits per heavy atom. The zero-order chi connectivity index (χ0) is 25.9. The molecule has 1 fully saturated rings. The van der Waals surface area contributed by atoms with Crippen LogP contribution in [0.1, 0.15) is 47.4 Å². The van der Waals surface area contributed by atoms with Crippen molar-refractivity contribution >= 4 is 23.2 Å². The van der Waals surface area contributed by atoms with Gasteiger partial charge in [-0.3, -0.25) is 4.79 Å². The van der Waals surface area contributed by atoms with E-state index in [1.54, 1.807) is 12.1 Å². The van der Waals surface area contributed by atoms with Gasteiger partial charge in [-0.15, -0.1) is 0 Å². The average molecular weight is 526 g/mol. The molecule has 1 aromatic heterocycles. The number of amides is 1. The van der Waals surface area contributed by atoms with Gasteiger partial charge in [0.2, 0.25) is 11.7 Å². The molecule has 0 radical (unpaired) electrons. The lowest BCUT2D eigenvalue weighted by molar-refractivity contribution is 0.0998. The van der Waals surface area contributed by atoms with Crippen molar-refractivity contribution in [3.63, 3.8) is 0 Å². The number of aryl methyl sites for hydroxylation is 1. The van der Waals surface area contributed by atoms with E-state index in [0.717, 1.165) is 29.7 Å². The van der Waals surface area contributed by atoms with Gasteiger partial charge < -0.3 is 14.6 Å². The number of oxazole rings is 1. The molecule has 6 rings (SSSR count). The Morgan fingerprint density at radius 3 is 2.53 bits per heavy atom. The average Bonchev–Trinajstić information content (AvgIpc) is 3.40. The molecule has 1 amide bonds. The third-order valence-corrected chi connectivity index (χ3v) is 7.98. The molecular weight excluding hydrogens is 494 g/mol. The van der Waals surface area contributed by atoms with Crippen molar-refractivity contribution < 1.29 is 9.21 Å². The SMILES string of the molecule is O=C(Nc1ccc2c(c1)CCC(CN1CCCCC1)C2)c1oc(-c2ccccc2)nc1-c1ccc(Cl)cc1. The number of fused-ring (bicyclic) bond motifs is 1. The van der Waals surface area contributed by atoms with Crippen molar-refractivity contribution in [2.75, 3.05) is 25.0 Å². The Kier molecular flexibility index (Phi) is 7.30. The molecule has 2 heterocycles. The van der Waals surface area contributed by atoms with E-state index in [4.69, 9.17) is 21.0 Å². The summed E-state index contributed by atoms with van der Waals surface area (Å²) >= 11 is 6.10. The number of anilines is 1. The summed E-state index contributed by atoms with van der Waals surface area (Å²) in [6.45, 7) is 3.71. The van der Waals surface area contributed by atoms with Gasteiger partial charge in [0.25, 0.3) is 5.91 Å². The largest absolute Gasteiger partial charge is 0.430 e. The second-order valence-corrected chi connectivity index (χ2v) is 10.9. The summed E-state index contributed by atoms with van der Waals surface area (Å²) in [5.74, 6) is 0.994. The number of nitrogens with one attached hydrogen (secondary N) is 1. The predicted octanol–water partition coefficient (Wildman–Crippen LogP) is 7.51. The fraction of sp³-hybridized carbons (Fsp3) is 0.312. The molecular formula is C32H32ClN3O2. The summed E-state index contributed by atoms with van der Waals surface area (Å²) in [6, 6.07) is 23.2. The zero-order valence-electron chi connectivity index (χ0n) is 21.5. The molecule has 1 atom stereocenters. The molecule has 3 aromatic carbocycles. The highest BCUT2D eigenvalue weighted by Crippen LogP contribution is 2.32. The highest BCUT2D eigenvalue weighted by atomic mass is 35.5. The fourth-order valence-electron chi connectivity index (χ4n) is 5.74. The van der Waals surface area contributed by atoms with Crippen LogP contribution >= 0.6 is 11.6 Å². The van der Waals surface area contributed by atoms with Crippen LogP contribution in [-0.2, 0) is 12.8 Å². The molecule has 1 N–H and O–H groups in total. The molecule has 0 spiro atoms. The normalized spacial score (nSPS) is 17.7. The number of nitrogens with zero attached hydrogens (tertiary/aromatic N) is 2. The first-order chi connectivity index (χ1) is 18.6. The second-order valence-electron chi connectivity index (χ2n) is 10.5. The minimum absolute atomic E-state index is 0.186. The maximum absolute atomic E-state index is 13.5. The Labute approximate surface area is 228 Å². The number of hydrogen-bond acceptors (Lipinski definition) is 4. The summed E-state index contributed by atoms with van der Waals surface area (Å²) < 4.78 is 6.06. The monoisotopic (exact) mass is 525 g/mol. The molecule has 1 aliphatic carbocycles. The number of carbonyl (C=O) groups is 1. The number of likely N-dealkylation sites (tertiary alicyclic amines) is 1. The minimum Gasteiger partial charge on any atom is -0.430 e. The van der Waals surface area contributed by atoms with Crippen molar-refractivity contribution in [3.8, 4) is 22.7 Å². The molecule has 0 bridgehead atoms. The number of rotatable bonds is 6. The van der Waals surface area contributed by atoms with Gasteiger partial charge in [0.05, 0.1) is 0 Å². The van der Waals surface area contributed by atoms with Crippen LogP contribution in [0.2, 0.25) is 5.02 Å². The van der Waals surface area contributed by atoms with Gasteiger partial charge >= 0.3 is 0 Å². The number of aromatic nitrogens is 1. The number of hydrogen-bond donors (Lipinski definition) is 1. The van der Waals surface area contributed by atoms with Crippen LogP contribution in [-0.4, -0.2) is 35.4 Å². The second kappa shape index (κ2) is 11.1. The number of benzene rings is 3. The lowest BCUT2D eigenvalue weighted by Crippen LogP contribution is -2.36. The molecule has 5 nitrogen and oxygen atoms in total. The summed E-state index contributed by atoms with van der Waals surface area (Å²) in [5, 5.41) is 3.69. The lowest BCUT2D eigenvalue weighted by Gasteiger charge is -2.33. The van der Waals surface area contributed by atoms with Crippen molar-refractivity contribution in [1.29, 1.82) is 0 Å². The highest BCUT2D eigenvalue weighted by molar-refractivity contribution is 6.30. The first-order valence-corrected chi connectivity index (χ1v) is 14.0. The van der Waals surface area contributed by atoms with E-state index in [1.165, 1.54) is 56.4 Å². The van der Waals surface area contributed by atoms with E-state index in [0.29, 0.717) is 22.5 Å². The first kappa shape index (κ1) is 24.9. The Hall–Kier alpha value is -3.41. The first-order valence-electron chi connectivity index (χ1n) is 13.6. The van der Waals surface area contributed by atoms with Gasteiger partial charge in [0.15, 0.2) is 0 Å². The van der Waals surface area contributed by atoms with Crippen LogP contribution in [0, 0.1) is 5.92 Å². The Bertz CT molecular complexity index is 1410. The fourth-order valence-corrected chi connectivity index (χ4v) is 5.87. The molecule has 6 heteroatoms. The Balaban J connectivity index is 1.21. The van der Waals surface area contributed by atoms with Crippen LogP contribution in [0.25, 0.3) is 22.7 Å². The number of piperidine rings is 1. The van der Waals surface area contributed by atoms with Crippen molar-refractivity contribution in [3.05, 3.63) is 94.7 Å². The molecule has 2 aliphatic rings. The molecule has 1 unspecified atom stereocenters. The van der Waals surface area contributed by atoms with E-state index in [2.05, 4.69) is 22.3 Å². The van der Waals surface area contributed by atoms with E-state index < -0.39 is 0 Å². The number of halogens is 1. The zero-order valence-corrected chi connectivity index (χ0v) is 22.2. The van der Waals surface area contributed by atoms with E-state index in [9.17, 15) is 4.79 Å². The highest BCUT2D eigenvalue weighted by Gasteiger charge is 2.25. The Morgan fingerprint density at radius 1 is 0.947 bits per heavy atom. The van der Waals surface area contributed by atoms with Gasteiger partial charge in [-0.2, -0.15) is 0 Å². The standard InChI is InChI=1S/C32H32ClN3O2/c33-27-14-11-23(12-15-27)29-30(38-32(35-29)24-7-3-1-4-8-24)31(37)34-28-16-13-25-19-22(9-10-26(25)20-28)21-36-17-5-2-6-18-36/h1,3-4,7-8,11-16,20,22H,2,5-6,9-10,17-19,21H2,(H,34,37). The third-order valence-electron chi connectivity index (χ3n) is 7.73. The summed E-state index contributed by atoms with van der Waals surface area (Å²) in [5.41, 5.74) is 5.60. The smallest absolute Gasteiger partial charge is 0.293 e. The van der Waals surface area contributed by atoms with Crippen LogP contribution in [0.15, 0.2) is 77.2 Å². The molecule has 1 saturated heterocycles. The van der Waals surface area contributed by atoms with Crippen LogP contribution < -0.4 is 5.32 Å². The van der Waals surface area contributed by atoms with Crippen LogP contribution in [0.4, 0.5) is 5.69 Å². The van der Waals surface area contributed by atoms with Gasteiger partial charge in [-0.1, -0.05) is 54.4 Å². The molecule has 194 valence electrons. The number of carbonyl (C=O) groups excluding carboxylic acids is 1. The quantitative estimate of drug-likeness (QED) is 0.283. The molecule has 0 saturated carbocycles. The summed E-state index contributed by atoms with van der Waals surface area (Å²) in [4.78, 5) is 20.8. The van der Waals surface area contributed by atoms with Crippen LogP contribution in [0.3, 0.4) is 0 Å². The molecule has 1 aliphatic heterocycles. The van der Waals surface area contributed by atoms with E-state index in [1.807, 2.05) is 48.5 Å². The summed E-state index contributed by atoms with van der Waals surface area (Å²) in [7, 11) is 0. The van der Waals surface area contributed by atoms with Crippen molar-refractivity contribution in [1.82, 2.24) is 9.88 Å². The maximum Gasteiger partial charge on any atom is 0.293 e. The van der Waals surface area contributed by atoms with Crippen LogP contribution in [0.5, 0.6) is 0 Å². The van der Waals surface area contributed by atoms with Crippen molar-refractivity contribution in [2.24, 2.45) is 5.92 Å². The topological polar surface area (TPSA) is 58.4 Å². The lowest BCUT2D eigenvalue weighted by atomic mass is 9.83. The van der Waals surface area contributed by atoms with Gasteiger partial charge in [0, 0.05) is 28.4 Å². The third kappa shape index (κ3) is 5.54. The molecule has 4 aromatic rings. The van der Waals surface area contributed by atoms with E-state index >= 15 is 0 Å². The van der Waals surface area contributed by atoms with Gasteiger partial charge in [-0.25, -0.2) is 4.98 Å². The van der Waals surface area contributed by atoms with Crippen molar-refractivity contribution in [2.45, 2.75) is 38.5 Å². The van der Waals surface area contributed by atoms with Gasteiger partial charge in [0.1, 0.15) is 5.69 Å².